The molecule has 0 bridgehead atoms. The number of nitrogens with zero attached hydrogens (tertiary/aromatic N) is 3. The van der Waals surface area contributed by atoms with E-state index in [1.54, 1.807) is 12.0 Å². The molecule has 4 fully saturated rings. The van der Waals surface area contributed by atoms with Crippen molar-refractivity contribution in [3.05, 3.63) is 118 Å². The van der Waals surface area contributed by atoms with E-state index < -0.39 is 6.04 Å². The van der Waals surface area contributed by atoms with E-state index in [1.807, 2.05) is 18.2 Å². The molecule has 0 aromatic heterocycles. The number of nitrogens with one attached hydrogen (secondary N) is 1. The highest BCUT2D eigenvalue weighted by Crippen LogP contribution is 2.55. The zero-order valence-corrected chi connectivity index (χ0v) is 35.2. The molecule has 3 saturated heterocycles. The van der Waals surface area contributed by atoms with Crippen LogP contribution in [-0.4, -0.2) is 85.1 Å². The third-order valence-electron chi connectivity index (χ3n) is 16.0. The van der Waals surface area contributed by atoms with Gasteiger partial charge in [-0.25, -0.2) is 0 Å². The number of fused-ring (bicyclic) bond motifs is 4. The fraction of sp³-hybridized carbons (Fsp3) is 0.471. The summed E-state index contributed by atoms with van der Waals surface area (Å²) in [5, 5.41) is 12.7. The topological polar surface area (TPSA) is 112 Å². The van der Waals surface area contributed by atoms with Gasteiger partial charge in [0.2, 0.25) is 11.8 Å². The van der Waals surface area contributed by atoms with E-state index in [4.69, 9.17) is 9.47 Å². The molecule has 3 atom stereocenters. The Morgan fingerprint density at radius 1 is 0.836 bits per heavy atom. The van der Waals surface area contributed by atoms with Crippen LogP contribution in [-0.2, 0) is 28.0 Å². The number of aromatic hydroxyl groups is 1. The Labute approximate surface area is 358 Å². The number of benzene rings is 4. The van der Waals surface area contributed by atoms with Crippen molar-refractivity contribution in [1.82, 2.24) is 15.1 Å². The van der Waals surface area contributed by atoms with Gasteiger partial charge in [0.25, 0.3) is 5.91 Å². The maximum absolute atomic E-state index is 13.4. The predicted octanol–water partition coefficient (Wildman–Crippen LogP) is 7.45. The van der Waals surface area contributed by atoms with Crippen LogP contribution in [0, 0.1) is 11.3 Å². The average molecular weight is 821 g/mol. The van der Waals surface area contributed by atoms with Crippen molar-refractivity contribution in [1.29, 1.82) is 0 Å². The maximum Gasteiger partial charge on any atom is 0.255 e. The summed E-state index contributed by atoms with van der Waals surface area (Å²) in [7, 11) is 1.80. The smallest absolute Gasteiger partial charge is 0.255 e. The monoisotopic (exact) mass is 820 g/mol. The second-order valence-electron chi connectivity index (χ2n) is 19.4. The molecule has 0 unspecified atom stereocenters. The number of rotatable bonds is 7. The summed E-state index contributed by atoms with van der Waals surface area (Å²) in [5.41, 5.74) is 9.56. The number of hydrogen-bond acceptors (Lipinski definition) is 8. The Morgan fingerprint density at radius 3 is 2.39 bits per heavy atom. The predicted molar refractivity (Wildman–Crippen MR) is 232 cm³/mol. The highest BCUT2D eigenvalue weighted by Gasteiger charge is 2.49. The summed E-state index contributed by atoms with van der Waals surface area (Å²) in [6, 6.07) is 27.2. The molecule has 11 rings (SSSR count). The van der Waals surface area contributed by atoms with Crippen molar-refractivity contribution in [3.63, 3.8) is 0 Å². The van der Waals surface area contributed by atoms with Gasteiger partial charge < -0.3 is 29.3 Å². The number of hydrogen-bond donors (Lipinski definition) is 2. The fourth-order valence-electron chi connectivity index (χ4n) is 12.7. The number of carbonyl (C=O) groups is 3. The second-order valence-corrected chi connectivity index (χ2v) is 19.4. The minimum absolute atomic E-state index is 0.0327. The molecule has 0 radical (unpaired) electrons. The van der Waals surface area contributed by atoms with Crippen molar-refractivity contribution in [2.24, 2.45) is 11.3 Å². The molecule has 1 saturated carbocycles. The van der Waals surface area contributed by atoms with Crippen LogP contribution in [0.15, 0.2) is 78.9 Å². The molecule has 5 heterocycles. The minimum atomic E-state index is -0.608. The second kappa shape index (κ2) is 14.9. The number of piperidine rings is 3. The van der Waals surface area contributed by atoms with Crippen LogP contribution in [0.4, 0.5) is 5.69 Å². The first-order chi connectivity index (χ1) is 29.7. The zero-order chi connectivity index (χ0) is 41.5. The summed E-state index contributed by atoms with van der Waals surface area (Å²) in [4.78, 5) is 44.6. The molecule has 5 aliphatic heterocycles. The Hall–Kier alpha value is -5.35. The fourth-order valence-corrected chi connectivity index (χ4v) is 12.7. The number of anilines is 1. The van der Waals surface area contributed by atoms with Crippen LogP contribution in [0.5, 0.6) is 17.2 Å². The number of ether oxygens (including phenoxy) is 2. The molecule has 2 spiro atoms. The molecule has 10 heteroatoms. The van der Waals surface area contributed by atoms with Crippen molar-refractivity contribution < 1.29 is 29.0 Å². The van der Waals surface area contributed by atoms with Gasteiger partial charge in [-0.3, -0.25) is 19.7 Å². The number of aryl methyl sites for hydroxylation is 1. The van der Waals surface area contributed by atoms with Crippen molar-refractivity contribution in [3.8, 4) is 17.2 Å². The van der Waals surface area contributed by atoms with Crippen molar-refractivity contribution >= 4 is 23.4 Å². The number of likely N-dealkylation sites (tertiary alicyclic amines) is 1. The van der Waals surface area contributed by atoms with Gasteiger partial charge in [-0.05, 0) is 141 Å². The van der Waals surface area contributed by atoms with Crippen molar-refractivity contribution in [2.75, 3.05) is 51.3 Å². The molecule has 2 aliphatic carbocycles. The van der Waals surface area contributed by atoms with Gasteiger partial charge >= 0.3 is 0 Å². The summed E-state index contributed by atoms with van der Waals surface area (Å²) in [5.74, 6) is 2.52. The largest absolute Gasteiger partial charge is 0.508 e. The van der Waals surface area contributed by atoms with Crippen LogP contribution in [0.25, 0.3) is 0 Å². The third kappa shape index (κ3) is 6.67. The number of methoxy groups -OCH3 is 1. The van der Waals surface area contributed by atoms with Gasteiger partial charge in [-0.15, -0.1) is 0 Å². The molecule has 4 aromatic rings. The lowest BCUT2D eigenvalue weighted by atomic mass is 9.57. The van der Waals surface area contributed by atoms with Gasteiger partial charge in [0, 0.05) is 72.4 Å². The van der Waals surface area contributed by atoms with Gasteiger partial charge in [0.15, 0.2) is 0 Å². The van der Waals surface area contributed by atoms with E-state index in [9.17, 15) is 19.5 Å². The van der Waals surface area contributed by atoms with Crippen LogP contribution in [0.3, 0.4) is 0 Å². The first kappa shape index (κ1) is 38.6. The molecular weight excluding hydrogens is 765 g/mol. The highest BCUT2D eigenvalue weighted by molar-refractivity contribution is 6.05. The Kier molecular flexibility index (Phi) is 9.44. The van der Waals surface area contributed by atoms with E-state index in [0.29, 0.717) is 42.2 Å². The van der Waals surface area contributed by atoms with E-state index in [0.717, 1.165) is 74.8 Å². The maximum atomic E-state index is 13.4. The Morgan fingerprint density at radius 2 is 1.62 bits per heavy atom. The summed E-state index contributed by atoms with van der Waals surface area (Å²) >= 11 is 0. The lowest BCUT2D eigenvalue weighted by Crippen LogP contribution is -2.52. The number of phenols is 1. The first-order valence-corrected chi connectivity index (χ1v) is 22.7. The molecule has 316 valence electrons. The van der Waals surface area contributed by atoms with Gasteiger partial charge in [0.1, 0.15) is 23.3 Å². The minimum Gasteiger partial charge on any atom is -0.508 e. The molecule has 61 heavy (non-hydrogen) atoms. The lowest BCUT2D eigenvalue weighted by molar-refractivity contribution is -0.136. The highest BCUT2D eigenvalue weighted by atomic mass is 16.5. The SMILES string of the molecule is COc1cc(N2CCC3(CC2)CC(CN2CCC4(CC2)COc2cc5c(cc24)CN([C@H]2CCC(=O)NC2=O)C5=O)C3)ccc1[C@@H]1c2ccc(O)cc2CC[C@@H]1c1ccccc1. The number of carbonyl (C=O) groups excluding carboxylic acids is 3. The van der Waals surface area contributed by atoms with Gasteiger partial charge in [0.05, 0.1) is 13.7 Å². The lowest BCUT2D eigenvalue weighted by Gasteiger charge is -2.54. The summed E-state index contributed by atoms with van der Waals surface area (Å²) in [6.07, 6.45) is 9.78. The molecule has 7 aliphatic rings. The van der Waals surface area contributed by atoms with E-state index >= 15 is 0 Å². The van der Waals surface area contributed by atoms with Gasteiger partial charge in [-0.1, -0.05) is 42.5 Å². The summed E-state index contributed by atoms with van der Waals surface area (Å²) < 4.78 is 12.5. The average Bonchev–Trinajstić information content (AvgIpc) is 3.78. The quantitative estimate of drug-likeness (QED) is 0.185. The standard InChI is InChI=1S/C51H56N4O6/c1-60-44-25-36(8-11-40(44)47-38(33-5-3-2-4-6-33)10-7-34-23-37(56)9-12-39(34)47)54-21-15-50(16-22-54)27-32(28-50)29-53-19-17-51(18-20-53)31-61-45-26-41-35(24-42(45)51)30-55(49(41)59)43-13-14-46(57)52-48(43)58/h2-6,8-9,11-12,23-26,32,38,43,47,56H,7,10,13-22,27-31H2,1H3,(H,52,57,58)/t38-,43+,47+/m1/s1. The Balaban J connectivity index is 0.702. The Bertz CT molecular complexity index is 2390. The molecule has 10 nitrogen and oxygen atoms in total. The molecule has 3 amide bonds. The molecule has 2 N–H and O–H groups in total. The van der Waals surface area contributed by atoms with Crippen LogP contribution in [0.2, 0.25) is 0 Å². The zero-order valence-electron chi connectivity index (χ0n) is 35.2. The van der Waals surface area contributed by atoms with Crippen molar-refractivity contribution in [2.45, 2.75) is 94.0 Å². The van der Waals surface area contributed by atoms with E-state index in [-0.39, 0.29) is 35.5 Å². The van der Waals surface area contributed by atoms with Crippen LogP contribution < -0.4 is 19.7 Å². The van der Waals surface area contributed by atoms with E-state index in [1.165, 1.54) is 65.7 Å². The van der Waals surface area contributed by atoms with E-state index in [2.05, 4.69) is 75.8 Å². The summed E-state index contributed by atoms with van der Waals surface area (Å²) in [6.45, 7) is 6.47. The third-order valence-corrected chi connectivity index (χ3v) is 16.0. The molecular formula is C51H56N4O6. The molecule has 4 aromatic carbocycles. The van der Waals surface area contributed by atoms with Crippen LogP contribution in [0.1, 0.15) is 113 Å². The number of phenolic OH excluding ortho intramolecular Hbond substituents is 1. The number of amides is 3. The first-order valence-electron chi connectivity index (χ1n) is 22.7. The normalized spacial score (nSPS) is 25.5. The van der Waals surface area contributed by atoms with Gasteiger partial charge in [-0.2, -0.15) is 0 Å². The van der Waals surface area contributed by atoms with Crippen LogP contribution >= 0.6 is 0 Å². The number of imide groups is 1.